The number of pyridine rings is 1. The molecule has 0 atom stereocenters. The third-order valence-electron chi connectivity index (χ3n) is 2.88. The number of benzene rings is 1. The molecule has 5 nitrogen and oxygen atoms in total. The lowest BCUT2D eigenvalue weighted by atomic mass is 10.1. The predicted octanol–water partition coefficient (Wildman–Crippen LogP) is 3.54. The molecular weight excluding hydrogens is 364 g/mol. The summed E-state index contributed by atoms with van der Waals surface area (Å²) < 4.78 is 0.989. The van der Waals surface area contributed by atoms with E-state index >= 15 is 0 Å². The van der Waals surface area contributed by atoms with Gasteiger partial charge in [0.25, 0.3) is 0 Å². The number of aromatic nitrogens is 3. The lowest BCUT2D eigenvalue weighted by molar-refractivity contribution is -0.115. The number of carbonyl (C=O) groups is 1. The van der Waals surface area contributed by atoms with Gasteiger partial charge >= 0.3 is 0 Å². The molecule has 1 amide bonds. The first-order chi connectivity index (χ1) is 10.7. The smallest absolute Gasteiger partial charge is 0.230 e. The highest BCUT2D eigenvalue weighted by Gasteiger charge is 2.10. The van der Waals surface area contributed by atoms with Crippen molar-refractivity contribution in [3.8, 4) is 10.6 Å². The van der Waals surface area contributed by atoms with Gasteiger partial charge in [0.05, 0.1) is 6.42 Å². The number of hydrogen-bond acceptors (Lipinski definition) is 5. The maximum Gasteiger partial charge on any atom is 0.230 e. The van der Waals surface area contributed by atoms with Gasteiger partial charge in [0.2, 0.25) is 11.0 Å². The second-order valence-electron chi connectivity index (χ2n) is 4.50. The summed E-state index contributed by atoms with van der Waals surface area (Å²) >= 11 is 4.71. The van der Waals surface area contributed by atoms with Gasteiger partial charge in [-0.1, -0.05) is 39.4 Å². The van der Waals surface area contributed by atoms with Crippen LogP contribution < -0.4 is 5.32 Å². The third kappa shape index (κ3) is 3.75. The van der Waals surface area contributed by atoms with E-state index in [1.165, 1.54) is 11.3 Å². The second-order valence-corrected chi connectivity index (χ2v) is 6.39. The Bertz CT molecular complexity index is 774. The molecule has 0 radical (unpaired) electrons. The van der Waals surface area contributed by atoms with Crippen molar-refractivity contribution in [3.05, 3.63) is 58.8 Å². The van der Waals surface area contributed by atoms with Gasteiger partial charge in [-0.25, -0.2) is 0 Å². The van der Waals surface area contributed by atoms with Crippen molar-refractivity contribution in [2.24, 2.45) is 0 Å². The first-order valence-electron chi connectivity index (χ1n) is 6.49. The van der Waals surface area contributed by atoms with Gasteiger partial charge in [-0.3, -0.25) is 9.78 Å². The fraction of sp³-hybridized carbons (Fsp3) is 0.0667. The summed E-state index contributed by atoms with van der Waals surface area (Å²) in [4.78, 5) is 16.0. The summed E-state index contributed by atoms with van der Waals surface area (Å²) in [7, 11) is 0. The third-order valence-corrected chi connectivity index (χ3v) is 4.29. The highest BCUT2D eigenvalue weighted by atomic mass is 79.9. The Labute approximate surface area is 139 Å². The molecular formula is C15H11BrN4OS. The van der Waals surface area contributed by atoms with Crippen molar-refractivity contribution >= 4 is 38.3 Å². The van der Waals surface area contributed by atoms with Crippen LogP contribution in [0, 0.1) is 0 Å². The first-order valence-corrected chi connectivity index (χ1v) is 8.10. The van der Waals surface area contributed by atoms with Crippen LogP contribution in [-0.2, 0) is 11.2 Å². The van der Waals surface area contributed by atoms with Crippen LogP contribution in [0.5, 0.6) is 0 Å². The number of rotatable bonds is 4. The van der Waals surface area contributed by atoms with Gasteiger partial charge in [-0.05, 0) is 29.8 Å². The summed E-state index contributed by atoms with van der Waals surface area (Å²) in [5.74, 6) is -0.111. The van der Waals surface area contributed by atoms with Crippen LogP contribution in [-0.4, -0.2) is 21.1 Å². The van der Waals surface area contributed by atoms with E-state index in [0.717, 1.165) is 20.6 Å². The van der Waals surface area contributed by atoms with Crippen molar-refractivity contribution in [3.63, 3.8) is 0 Å². The number of halogens is 1. The van der Waals surface area contributed by atoms with Gasteiger partial charge in [-0.2, -0.15) is 0 Å². The molecule has 0 unspecified atom stereocenters. The molecule has 22 heavy (non-hydrogen) atoms. The number of anilines is 1. The number of amides is 1. The molecule has 3 aromatic rings. The van der Waals surface area contributed by atoms with Gasteiger partial charge in [0, 0.05) is 22.4 Å². The largest absolute Gasteiger partial charge is 0.300 e. The molecule has 1 N–H and O–H groups in total. The van der Waals surface area contributed by atoms with E-state index in [9.17, 15) is 4.79 Å². The summed E-state index contributed by atoms with van der Waals surface area (Å²) in [5, 5.41) is 12.1. The topological polar surface area (TPSA) is 67.8 Å². The Morgan fingerprint density at radius 3 is 2.55 bits per heavy atom. The number of nitrogens with one attached hydrogen (secondary N) is 1. The predicted molar refractivity (Wildman–Crippen MR) is 89.6 cm³/mol. The minimum atomic E-state index is -0.111. The monoisotopic (exact) mass is 374 g/mol. The zero-order valence-electron chi connectivity index (χ0n) is 11.4. The molecule has 0 saturated carbocycles. The van der Waals surface area contributed by atoms with Gasteiger partial charge in [0.1, 0.15) is 5.01 Å². The van der Waals surface area contributed by atoms with Crippen LogP contribution in [0.1, 0.15) is 5.56 Å². The SMILES string of the molecule is O=C(Cc1ccc(Br)cc1)Nc1nnc(-c2ccncc2)s1. The molecule has 7 heteroatoms. The van der Waals surface area contributed by atoms with E-state index in [0.29, 0.717) is 11.6 Å². The summed E-state index contributed by atoms with van der Waals surface area (Å²) in [6.07, 6.45) is 3.70. The number of nitrogens with zero attached hydrogens (tertiary/aromatic N) is 3. The quantitative estimate of drug-likeness (QED) is 0.758. The molecule has 0 fully saturated rings. The van der Waals surface area contributed by atoms with Crippen LogP contribution >= 0.6 is 27.3 Å². The molecule has 3 rings (SSSR count). The molecule has 1 aromatic carbocycles. The van der Waals surface area contributed by atoms with Crippen molar-refractivity contribution in [2.75, 3.05) is 5.32 Å². The maximum absolute atomic E-state index is 12.0. The Hall–Kier alpha value is -2.12. The van der Waals surface area contributed by atoms with Gasteiger partial charge < -0.3 is 5.32 Å². The average molecular weight is 375 g/mol. The van der Waals surface area contributed by atoms with Crippen molar-refractivity contribution in [1.29, 1.82) is 0 Å². The minimum absolute atomic E-state index is 0.111. The number of hydrogen-bond donors (Lipinski definition) is 1. The molecule has 0 bridgehead atoms. The summed E-state index contributed by atoms with van der Waals surface area (Å²) in [5.41, 5.74) is 1.88. The van der Waals surface area contributed by atoms with Crippen LogP contribution in [0.4, 0.5) is 5.13 Å². The van der Waals surface area contributed by atoms with E-state index < -0.39 is 0 Å². The van der Waals surface area contributed by atoms with E-state index in [1.54, 1.807) is 12.4 Å². The molecule has 0 aliphatic heterocycles. The highest BCUT2D eigenvalue weighted by Crippen LogP contribution is 2.25. The standard InChI is InChI=1S/C15H11BrN4OS/c16-12-3-1-10(2-4-12)9-13(21)18-15-20-19-14(22-15)11-5-7-17-8-6-11/h1-8H,9H2,(H,18,20,21). The summed E-state index contributed by atoms with van der Waals surface area (Å²) in [6.45, 7) is 0. The lowest BCUT2D eigenvalue weighted by Gasteiger charge is -2.01. The molecule has 0 saturated heterocycles. The fourth-order valence-corrected chi connectivity index (χ4v) is 2.87. The fourth-order valence-electron chi connectivity index (χ4n) is 1.84. The molecule has 0 aliphatic rings. The van der Waals surface area contributed by atoms with E-state index in [-0.39, 0.29) is 5.91 Å². The lowest BCUT2D eigenvalue weighted by Crippen LogP contribution is -2.14. The zero-order valence-corrected chi connectivity index (χ0v) is 13.8. The van der Waals surface area contributed by atoms with Crippen molar-refractivity contribution in [1.82, 2.24) is 15.2 Å². The van der Waals surface area contributed by atoms with Crippen molar-refractivity contribution < 1.29 is 4.79 Å². The molecule has 110 valence electrons. The molecule has 0 spiro atoms. The highest BCUT2D eigenvalue weighted by molar-refractivity contribution is 9.10. The Balaban J connectivity index is 1.65. The van der Waals surface area contributed by atoms with Crippen LogP contribution in [0.3, 0.4) is 0 Å². The molecule has 2 aromatic heterocycles. The van der Waals surface area contributed by atoms with Gasteiger partial charge in [0.15, 0.2) is 0 Å². The van der Waals surface area contributed by atoms with Crippen molar-refractivity contribution in [2.45, 2.75) is 6.42 Å². The van der Waals surface area contributed by atoms with E-state index in [2.05, 4.69) is 36.4 Å². The number of carbonyl (C=O) groups excluding carboxylic acids is 1. The average Bonchev–Trinajstić information content (AvgIpc) is 2.99. The molecule has 2 heterocycles. The first kappa shape index (κ1) is 14.8. The zero-order chi connectivity index (χ0) is 15.4. The maximum atomic E-state index is 12.0. The van der Waals surface area contributed by atoms with Gasteiger partial charge in [-0.15, -0.1) is 10.2 Å². The normalized spacial score (nSPS) is 10.4. The van der Waals surface area contributed by atoms with E-state index in [4.69, 9.17) is 0 Å². The van der Waals surface area contributed by atoms with Crippen LogP contribution in [0.25, 0.3) is 10.6 Å². The van der Waals surface area contributed by atoms with Crippen LogP contribution in [0.2, 0.25) is 0 Å². The second kappa shape index (κ2) is 6.76. The molecule has 0 aliphatic carbocycles. The minimum Gasteiger partial charge on any atom is -0.300 e. The van der Waals surface area contributed by atoms with Crippen LogP contribution in [0.15, 0.2) is 53.3 Å². The van der Waals surface area contributed by atoms with E-state index in [1.807, 2.05) is 36.4 Å². The Kier molecular flexibility index (Phi) is 4.55. The Morgan fingerprint density at radius 1 is 1.09 bits per heavy atom. The Morgan fingerprint density at radius 2 is 1.82 bits per heavy atom. The summed E-state index contributed by atoms with van der Waals surface area (Å²) in [6, 6.07) is 11.4.